The zero-order valence-corrected chi connectivity index (χ0v) is 18.9. The Balaban J connectivity index is 1.52. The van der Waals surface area contributed by atoms with Crippen LogP contribution in [0.5, 0.6) is 5.75 Å². The summed E-state index contributed by atoms with van der Waals surface area (Å²) in [5.41, 5.74) is 6.41. The van der Waals surface area contributed by atoms with Gasteiger partial charge in [0.2, 0.25) is 5.91 Å². The molecule has 0 aliphatic heterocycles. The Morgan fingerprint density at radius 2 is 1.83 bits per heavy atom. The molecular formula is C23H26N2O2S2. The molecule has 1 amide bonds. The summed E-state index contributed by atoms with van der Waals surface area (Å²) in [5.74, 6) is 2.01. The van der Waals surface area contributed by atoms with Crippen molar-refractivity contribution in [2.75, 3.05) is 17.7 Å². The van der Waals surface area contributed by atoms with E-state index in [4.69, 9.17) is 9.72 Å². The number of thioether (sulfide) groups is 1. The quantitative estimate of drug-likeness (QED) is 0.479. The molecule has 1 heterocycles. The Hall–Kier alpha value is -2.31. The largest absolute Gasteiger partial charge is 0.494 e. The number of carbonyl (C=O) groups is 1. The van der Waals surface area contributed by atoms with Crippen LogP contribution >= 0.6 is 23.1 Å². The van der Waals surface area contributed by atoms with E-state index in [1.54, 1.807) is 23.1 Å². The molecule has 0 radical (unpaired) electrons. The first-order valence-corrected chi connectivity index (χ1v) is 11.6. The van der Waals surface area contributed by atoms with Crippen molar-refractivity contribution in [3.8, 4) is 16.3 Å². The summed E-state index contributed by atoms with van der Waals surface area (Å²) < 4.78 is 5.48. The number of ether oxygens (including phenoxy) is 1. The molecular weight excluding hydrogens is 400 g/mol. The van der Waals surface area contributed by atoms with Gasteiger partial charge < -0.3 is 10.1 Å². The molecule has 0 aliphatic rings. The van der Waals surface area contributed by atoms with Crippen molar-refractivity contribution in [2.24, 2.45) is 0 Å². The molecule has 0 saturated carbocycles. The minimum absolute atomic E-state index is 0.0204. The lowest BCUT2D eigenvalue weighted by molar-refractivity contribution is -0.113. The van der Waals surface area contributed by atoms with Gasteiger partial charge in [0.15, 0.2) is 0 Å². The summed E-state index contributed by atoms with van der Waals surface area (Å²) in [6, 6.07) is 12.2. The number of benzene rings is 2. The van der Waals surface area contributed by atoms with Crippen molar-refractivity contribution < 1.29 is 9.53 Å². The van der Waals surface area contributed by atoms with Crippen LogP contribution in [0.15, 0.2) is 41.8 Å². The van der Waals surface area contributed by atoms with Gasteiger partial charge in [-0.25, -0.2) is 4.98 Å². The molecule has 0 atom stereocenters. The topological polar surface area (TPSA) is 51.2 Å². The molecule has 0 aliphatic carbocycles. The second kappa shape index (κ2) is 9.94. The van der Waals surface area contributed by atoms with Gasteiger partial charge in [0.1, 0.15) is 10.8 Å². The van der Waals surface area contributed by atoms with E-state index in [1.165, 1.54) is 5.56 Å². The van der Waals surface area contributed by atoms with Crippen LogP contribution in [0.4, 0.5) is 5.69 Å². The highest BCUT2D eigenvalue weighted by Crippen LogP contribution is 2.27. The second-order valence-corrected chi connectivity index (χ2v) is 8.76. The molecule has 0 bridgehead atoms. The van der Waals surface area contributed by atoms with E-state index in [0.717, 1.165) is 38.8 Å². The zero-order chi connectivity index (χ0) is 20.8. The first kappa shape index (κ1) is 21.4. The fourth-order valence-electron chi connectivity index (χ4n) is 3.17. The van der Waals surface area contributed by atoms with Gasteiger partial charge in [0.25, 0.3) is 0 Å². The van der Waals surface area contributed by atoms with E-state index in [-0.39, 0.29) is 5.91 Å². The maximum atomic E-state index is 12.3. The highest BCUT2D eigenvalue weighted by atomic mass is 32.2. The van der Waals surface area contributed by atoms with E-state index >= 15 is 0 Å². The number of nitrogens with one attached hydrogen (secondary N) is 1. The first-order valence-electron chi connectivity index (χ1n) is 9.59. The summed E-state index contributed by atoms with van der Waals surface area (Å²) in [7, 11) is 0. The third-order valence-electron chi connectivity index (χ3n) is 4.39. The van der Waals surface area contributed by atoms with Crippen molar-refractivity contribution >= 4 is 34.7 Å². The lowest BCUT2D eigenvalue weighted by atomic mass is 10.1. The minimum atomic E-state index is 0.0204. The standard InChI is InChI=1S/C23H26N2O2S2/c1-5-27-20-8-6-18(7-9-20)23-24-19(13-29-23)12-28-14-21(26)25-22-16(3)10-15(2)11-17(22)4/h6-11,13H,5,12,14H2,1-4H3,(H,25,26). The second-order valence-electron chi connectivity index (χ2n) is 6.92. The number of rotatable bonds is 8. The number of nitrogens with zero attached hydrogens (tertiary/aromatic N) is 1. The van der Waals surface area contributed by atoms with E-state index < -0.39 is 0 Å². The van der Waals surface area contributed by atoms with Crippen LogP contribution in [0.25, 0.3) is 10.6 Å². The predicted octanol–water partition coefficient (Wildman–Crippen LogP) is 6.01. The molecule has 1 N–H and O–H groups in total. The summed E-state index contributed by atoms with van der Waals surface area (Å²) in [6.45, 7) is 8.76. The van der Waals surface area contributed by atoms with Gasteiger partial charge in [-0.05, 0) is 63.1 Å². The Kier molecular flexibility index (Phi) is 7.34. The number of carbonyl (C=O) groups excluding carboxylic acids is 1. The average molecular weight is 427 g/mol. The third kappa shape index (κ3) is 5.84. The third-order valence-corrected chi connectivity index (χ3v) is 6.29. The van der Waals surface area contributed by atoms with Crippen LogP contribution in [0.2, 0.25) is 0 Å². The smallest absolute Gasteiger partial charge is 0.234 e. The normalized spacial score (nSPS) is 10.8. The molecule has 0 saturated heterocycles. The predicted molar refractivity (Wildman–Crippen MR) is 124 cm³/mol. The van der Waals surface area contributed by atoms with Gasteiger partial charge in [-0.2, -0.15) is 0 Å². The van der Waals surface area contributed by atoms with Crippen LogP contribution < -0.4 is 10.1 Å². The molecule has 3 aromatic rings. The first-order chi connectivity index (χ1) is 14.0. The van der Waals surface area contributed by atoms with Gasteiger partial charge in [-0.3, -0.25) is 4.79 Å². The van der Waals surface area contributed by atoms with Gasteiger partial charge in [-0.1, -0.05) is 17.7 Å². The number of amides is 1. The maximum absolute atomic E-state index is 12.3. The minimum Gasteiger partial charge on any atom is -0.494 e. The Morgan fingerprint density at radius 1 is 1.14 bits per heavy atom. The van der Waals surface area contributed by atoms with E-state index in [1.807, 2.05) is 45.0 Å². The van der Waals surface area contributed by atoms with Crippen molar-refractivity contribution in [3.05, 3.63) is 64.2 Å². The molecule has 2 aromatic carbocycles. The Bertz CT molecular complexity index is 958. The Morgan fingerprint density at radius 3 is 2.48 bits per heavy atom. The lowest BCUT2D eigenvalue weighted by Gasteiger charge is -2.12. The zero-order valence-electron chi connectivity index (χ0n) is 17.2. The summed E-state index contributed by atoms with van der Waals surface area (Å²) in [6.07, 6.45) is 0. The SMILES string of the molecule is CCOc1ccc(-c2nc(CSCC(=O)Nc3c(C)cc(C)cc3C)cs2)cc1. The van der Waals surface area contributed by atoms with E-state index in [0.29, 0.717) is 18.1 Å². The number of anilines is 1. The van der Waals surface area contributed by atoms with E-state index in [9.17, 15) is 4.79 Å². The fraction of sp³-hybridized carbons (Fsp3) is 0.304. The summed E-state index contributed by atoms with van der Waals surface area (Å²) in [4.78, 5) is 17.0. The molecule has 29 heavy (non-hydrogen) atoms. The monoisotopic (exact) mass is 426 g/mol. The van der Waals surface area contributed by atoms with Gasteiger partial charge in [-0.15, -0.1) is 23.1 Å². The van der Waals surface area contributed by atoms with Crippen molar-refractivity contribution in [1.29, 1.82) is 0 Å². The number of hydrogen-bond acceptors (Lipinski definition) is 5. The summed E-state index contributed by atoms with van der Waals surface area (Å²) in [5, 5.41) is 6.09. The Labute approximate surface area is 180 Å². The van der Waals surface area contributed by atoms with Crippen molar-refractivity contribution in [1.82, 2.24) is 4.98 Å². The van der Waals surface area contributed by atoms with Gasteiger partial charge in [0.05, 0.1) is 18.1 Å². The number of aromatic nitrogens is 1. The van der Waals surface area contributed by atoms with Gasteiger partial charge in [0, 0.05) is 22.4 Å². The molecule has 0 spiro atoms. The molecule has 3 rings (SSSR count). The molecule has 6 heteroatoms. The molecule has 0 fully saturated rings. The highest BCUT2D eigenvalue weighted by Gasteiger charge is 2.10. The number of thiazole rings is 1. The lowest BCUT2D eigenvalue weighted by Crippen LogP contribution is -2.16. The fourth-order valence-corrected chi connectivity index (χ4v) is 4.82. The van der Waals surface area contributed by atoms with Crippen molar-refractivity contribution in [3.63, 3.8) is 0 Å². The average Bonchev–Trinajstić information content (AvgIpc) is 3.14. The van der Waals surface area contributed by atoms with Crippen molar-refractivity contribution in [2.45, 2.75) is 33.4 Å². The van der Waals surface area contributed by atoms with Crippen LogP contribution in [0, 0.1) is 20.8 Å². The van der Waals surface area contributed by atoms with E-state index in [2.05, 4.69) is 29.8 Å². The van der Waals surface area contributed by atoms with Crippen LogP contribution in [-0.4, -0.2) is 23.3 Å². The highest BCUT2D eigenvalue weighted by molar-refractivity contribution is 7.99. The molecule has 0 unspecified atom stereocenters. The maximum Gasteiger partial charge on any atom is 0.234 e. The van der Waals surface area contributed by atoms with Crippen LogP contribution in [-0.2, 0) is 10.5 Å². The van der Waals surface area contributed by atoms with Crippen LogP contribution in [0.1, 0.15) is 29.3 Å². The summed E-state index contributed by atoms with van der Waals surface area (Å²) >= 11 is 3.20. The van der Waals surface area contributed by atoms with Gasteiger partial charge >= 0.3 is 0 Å². The number of aryl methyl sites for hydroxylation is 3. The molecule has 152 valence electrons. The molecule has 4 nitrogen and oxygen atoms in total. The molecule has 1 aromatic heterocycles. The number of hydrogen-bond donors (Lipinski definition) is 1. The van der Waals surface area contributed by atoms with Crippen LogP contribution in [0.3, 0.4) is 0 Å².